The predicted molar refractivity (Wildman–Crippen MR) is 406 cm³/mol. The van der Waals surface area contributed by atoms with Crippen molar-refractivity contribution in [2.24, 2.45) is 28.9 Å². The van der Waals surface area contributed by atoms with E-state index in [2.05, 4.69) is 73.8 Å². The molecule has 28 N–H and O–H groups in total. The second-order valence-electron chi connectivity index (χ2n) is 26.9. The van der Waals surface area contributed by atoms with Gasteiger partial charge in [0.1, 0.15) is 71.9 Å². The highest BCUT2D eigenvalue weighted by Crippen LogP contribution is 2.17. The van der Waals surface area contributed by atoms with Crippen LogP contribution < -0.4 is 86.7 Å². The van der Waals surface area contributed by atoms with Crippen LogP contribution in [-0.4, -0.2) is 210 Å². The highest BCUT2D eigenvalue weighted by molar-refractivity contribution is 6.00. The maximum Gasteiger partial charge on any atom is 0.326 e. The van der Waals surface area contributed by atoms with E-state index in [0.717, 1.165) is 0 Å². The van der Waals surface area contributed by atoms with Gasteiger partial charge in [0, 0.05) is 57.8 Å². The molecular formula is C74H102N20O18. The van der Waals surface area contributed by atoms with E-state index >= 15 is 14.4 Å². The smallest absolute Gasteiger partial charge is 0.326 e. The summed E-state index contributed by atoms with van der Waals surface area (Å²) < 4.78 is 0. The lowest BCUT2D eigenvalue weighted by Gasteiger charge is -2.29. The molecule has 0 saturated heterocycles. The van der Waals surface area contributed by atoms with Gasteiger partial charge in [0.05, 0.1) is 24.5 Å². The molecule has 0 spiro atoms. The number of unbranched alkanes of at least 4 members (excludes halogenated alkanes) is 1. The van der Waals surface area contributed by atoms with Crippen LogP contribution in [0.3, 0.4) is 0 Å². The fourth-order valence-corrected chi connectivity index (χ4v) is 11.5. The van der Waals surface area contributed by atoms with Crippen LogP contribution in [0.15, 0.2) is 122 Å². The Balaban J connectivity index is 1.47. The van der Waals surface area contributed by atoms with E-state index in [0.29, 0.717) is 28.7 Å². The monoisotopic (exact) mass is 1560 g/mol. The van der Waals surface area contributed by atoms with Gasteiger partial charge in [-0.15, -0.1) is 0 Å². The first kappa shape index (κ1) is 89.9. The van der Waals surface area contributed by atoms with E-state index in [-0.39, 0.29) is 120 Å². The number of nitrogens with zero attached hydrogens (tertiary/aromatic N) is 1. The van der Waals surface area contributed by atoms with Gasteiger partial charge >= 0.3 is 17.9 Å². The maximum absolute atomic E-state index is 15.2. The Bertz CT molecular complexity index is 3970. The first-order valence-corrected chi connectivity index (χ1v) is 36.2. The van der Waals surface area contributed by atoms with Crippen molar-refractivity contribution in [3.05, 3.63) is 150 Å². The van der Waals surface area contributed by atoms with Crippen molar-refractivity contribution in [2.75, 3.05) is 19.6 Å². The summed E-state index contributed by atoms with van der Waals surface area (Å²) in [4.78, 5) is 188. The lowest BCUT2D eigenvalue weighted by atomic mass is 9.98. The van der Waals surface area contributed by atoms with Gasteiger partial charge in [-0.1, -0.05) is 98.8 Å². The van der Waals surface area contributed by atoms with Gasteiger partial charge in [-0.2, -0.15) is 0 Å². The number of hydrogen-bond acceptors (Lipinski definition) is 20. The van der Waals surface area contributed by atoms with Crippen LogP contribution in [0.5, 0.6) is 11.5 Å². The number of carboxylic acid groups (broad SMARTS) is 3. The molecule has 10 amide bonds. The van der Waals surface area contributed by atoms with Crippen molar-refractivity contribution in [1.82, 2.24) is 73.8 Å². The number of aromatic nitrogens is 2. The Morgan fingerprint density at radius 1 is 0.420 bits per heavy atom. The van der Waals surface area contributed by atoms with Gasteiger partial charge < -0.3 is 117 Å². The van der Waals surface area contributed by atoms with E-state index in [9.17, 15) is 68.4 Å². The number of carbonyl (C=O) groups is 13. The zero-order valence-corrected chi connectivity index (χ0v) is 62.0. The number of carbonyl (C=O) groups excluding carboxylic acids is 10. The Morgan fingerprint density at radius 3 is 1.16 bits per heavy atom. The first-order valence-electron chi connectivity index (χ1n) is 36.2. The van der Waals surface area contributed by atoms with Crippen molar-refractivity contribution >= 4 is 88.9 Å². The number of nitrogens with one attached hydrogen (secondary N) is 15. The number of imidazole rings is 1. The Hall–Kier alpha value is -12.7. The third-order valence-electron chi connectivity index (χ3n) is 17.5. The third-order valence-corrected chi connectivity index (χ3v) is 17.5. The number of amides is 10. The summed E-state index contributed by atoms with van der Waals surface area (Å²) in [7, 11) is 0. The van der Waals surface area contributed by atoms with Crippen molar-refractivity contribution in [1.29, 1.82) is 10.8 Å². The fraction of sp³-hybridized carbons (Fsp3) is 0.432. The Kier molecular flexibility index (Phi) is 37.4. The fourth-order valence-electron chi connectivity index (χ4n) is 11.5. The molecule has 5 rings (SSSR count). The van der Waals surface area contributed by atoms with Gasteiger partial charge in [-0.05, 0) is 110 Å². The molecule has 0 aliphatic carbocycles. The van der Waals surface area contributed by atoms with Gasteiger partial charge in [-0.25, -0.2) is 9.78 Å². The number of rotatable bonds is 49. The van der Waals surface area contributed by atoms with Crippen LogP contribution in [-0.2, 0) is 94.4 Å². The molecule has 0 bridgehead atoms. The van der Waals surface area contributed by atoms with Crippen molar-refractivity contribution in [3.63, 3.8) is 0 Å². The largest absolute Gasteiger partial charge is 0.508 e. The molecule has 606 valence electrons. The molecule has 1 aromatic heterocycles. The zero-order valence-electron chi connectivity index (χ0n) is 62.0. The van der Waals surface area contributed by atoms with Gasteiger partial charge in [-0.3, -0.25) is 68.4 Å². The summed E-state index contributed by atoms with van der Waals surface area (Å²) in [6, 6.07) is 10.8. The van der Waals surface area contributed by atoms with E-state index in [1.807, 2.05) is 0 Å². The summed E-state index contributed by atoms with van der Waals surface area (Å²) in [6.45, 7) is 3.35. The summed E-state index contributed by atoms with van der Waals surface area (Å²) in [5, 5.41) is 95.5. The first-order chi connectivity index (χ1) is 53.3. The number of guanidine groups is 2. The molecule has 0 saturated carbocycles. The van der Waals surface area contributed by atoms with E-state index < -0.39 is 168 Å². The minimum Gasteiger partial charge on any atom is -0.508 e. The molecule has 4 aromatic carbocycles. The number of hydrogen-bond donors (Lipinski definition) is 24. The molecule has 0 fully saturated rings. The van der Waals surface area contributed by atoms with Crippen LogP contribution in [0.25, 0.3) is 0 Å². The molecule has 38 nitrogen and oxygen atoms in total. The summed E-state index contributed by atoms with van der Waals surface area (Å²) in [6.07, 6.45) is -0.404. The molecule has 0 radical (unpaired) electrons. The number of aromatic amines is 1. The molecular weight excluding hydrogens is 1460 g/mol. The average Bonchev–Trinajstić information content (AvgIpc) is 0.946. The number of aromatic hydroxyl groups is 2. The molecule has 1 heterocycles. The lowest BCUT2D eigenvalue weighted by Crippen LogP contribution is -2.62. The molecule has 0 unspecified atom stereocenters. The quantitative estimate of drug-likeness (QED) is 0.0107. The van der Waals surface area contributed by atoms with Crippen LogP contribution in [0.2, 0.25) is 0 Å². The number of phenols is 2. The molecule has 11 atom stereocenters. The van der Waals surface area contributed by atoms with Crippen LogP contribution >= 0.6 is 0 Å². The van der Waals surface area contributed by atoms with Crippen molar-refractivity contribution in [2.45, 2.75) is 177 Å². The van der Waals surface area contributed by atoms with Crippen LogP contribution in [0, 0.1) is 16.7 Å². The summed E-state index contributed by atoms with van der Waals surface area (Å²) in [5.41, 5.74) is 24.7. The number of H-pyrrole nitrogens is 1. The van der Waals surface area contributed by atoms with Crippen LogP contribution in [0.4, 0.5) is 0 Å². The van der Waals surface area contributed by atoms with E-state index in [1.54, 1.807) is 74.5 Å². The summed E-state index contributed by atoms with van der Waals surface area (Å²) >= 11 is 0. The third kappa shape index (κ3) is 32.6. The highest BCUT2D eigenvalue weighted by atomic mass is 16.4. The topological polar surface area (TPSA) is 648 Å². The Morgan fingerprint density at radius 2 is 0.777 bits per heavy atom. The van der Waals surface area contributed by atoms with Gasteiger partial charge in [0.15, 0.2) is 11.9 Å². The minimum atomic E-state index is -1.84. The lowest BCUT2D eigenvalue weighted by molar-refractivity contribution is -0.142. The SMILES string of the molecule is CC(C)[C@@H](NC(=O)[C@H](Cc1ccccc1)NC(=O)[C@H](Cc1ccccc1)NC(=O)[C@@H](Cc1c[nH]cn1)NC(=O)[C@@H](CCCNC(=N)N)NC(=O)[C@H](CCCCN)NC(=O)[C@H](CC(=O)O)NC(=O)[C@H](N)CCC(=O)O)C(=O)N[C@@H](Cc1ccc(O)cc1)C(=O)N[C@@H](CCCNC(=N)N)C(=O)N[C@@H](Cc1ccc(O)cc1)C(=O)O. The Labute approximate surface area is 645 Å². The normalized spacial score (nSPS) is 13.9. The second kappa shape index (κ2) is 46.6. The molecule has 0 aliphatic rings. The van der Waals surface area contributed by atoms with E-state index in [1.165, 1.54) is 61.1 Å². The number of phenolic OH excluding ortho intramolecular Hbond substituents is 2. The summed E-state index contributed by atoms with van der Waals surface area (Å²) in [5.74, 6) is -15.9. The van der Waals surface area contributed by atoms with E-state index in [4.69, 9.17) is 38.9 Å². The predicted octanol–water partition coefficient (Wildman–Crippen LogP) is -2.75. The standard InChI is InChI=1S/C74H102N20O18/c1-41(2)61(71(110)92-54(35-44-20-24-47(95)25-21-44)66(105)87-52(19-12-32-83-74(79)80)65(104)93-58(72(111)112)36-45-22-26-48(96)27-23-45)94-70(109)55(34-43-15-7-4-8-16-43)90-67(106)53(33-42-13-5-3-6-14-42)89-68(107)56(37-46-39-81-40-84-46)91-64(103)51(18-11-31-82-73(77)78)85-63(102)50(17-9-10-30-75)86-69(108)57(38-60(99)100)88-62(101)49(76)28-29-59(97)98/h3-8,13-16,20-27,39-41,49-58,61,95-96H,9-12,17-19,28-38,75-76H2,1-2H3,(H,81,84)(H,85,102)(H,86,108)(H,87,105)(H,88,101)(H,89,107)(H,90,106)(H,91,103)(H,92,110)(H,93,104)(H,94,109)(H,97,98)(H,99,100)(H,111,112)(H4,77,78,82)(H4,79,80,83)/t49-,50+,51-,52+,53+,54+,55+,56-,57+,58+,61-/m1/s1. The van der Waals surface area contributed by atoms with Gasteiger partial charge in [0.25, 0.3) is 0 Å². The number of aliphatic carboxylic acids is 3. The highest BCUT2D eigenvalue weighted by Gasteiger charge is 2.38. The number of carboxylic acids is 3. The molecule has 5 aromatic rings. The van der Waals surface area contributed by atoms with Crippen LogP contribution in [0.1, 0.15) is 106 Å². The maximum atomic E-state index is 15.2. The second-order valence-corrected chi connectivity index (χ2v) is 26.9. The number of benzene rings is 4. The number of nitrogens with two attached hydrogens (primary N) is 4. The molecule has 38 heteroatoms. The van der Waals surface area contributed by atoms with Crippen molar-refractivity contribution in [3.8, 4) is 11.5 Å². The molecule has 112 heavy (non-hydrogen) atoms. The van der Waals surface area contributed by atoms with Crippen molar-refractivity contribution < 1.29 is 87.9 Å². The zero-order chi connectivity index (χ0) is 82.4. The average molecular weight is 1560 g/mol. The minimum absolute atomic E-state index is 0.0139. The van der Waals surface area contributed by atoms with Gasteiger partial charge in [0.2, 0.25) is 59.1 Å². The molecule has 0 aliphatic heterocycles.